The number of anilines is 2. The molecule has 1 saturated heterocycles. The van der Waals surface area contributed by atoms with Gasteiger partial charge < -0.3 is 10.1 Å². The Kier molecular flexibility index (Phi) is 8.22. The van der Waals surface area contributed by atoms with Gasteiger partial charge in [0.05, 0.1) is 38.8 Å². The van der Waals surface area contributed by atoms with Gasteiger partial charge >= 0.3 is 10.8 Å². The average molecular weight is 675 g/mol. The van der Waals surface area contributed by atoms with Crippen LogP contribution in [0.5, 0.6) is 0 Å². The number of hydrogen-bond acceptors (Lipinski definition) is 9. The number of thioether (sulfide) groups is 1. The molecule has 0 aliphatic carbocycles. The van der Waals surface area contributed by atoms with Crippen molar-refractivity contribution in [3.05, 3.63) is 95.0 Å². The van der Waals surface area contributed by atoms with Gasteiger partial charge in [0.2, 0.25) is 17.7 Å². The second-order valence-corrected chi connectivity index (χ2v) is 13.6. The van der Waals surface area contributed by atoms with Gasteiger partial charge in [0.1, 0.15) is 11.8 Å². The molecule has 2 aromatic carbocycles. The molecule has 1 fully saturated rings. The molecule has 0 saturated carbocycles. The highest BCUT2D eigenvalue weighted by atomic mass is 35.5. The van der Waals surface area contributed by atoms with Crippen LogP contribution in [0.3, 0.4) is 0 Å². The van der Waals surface area contributed by atoms with E-state index in [0.717, 1.165) is 32.9 Å². The molecule has 0 spiro atoms. The van der Waals surface area contributed by atoms with Gasteiger partial charge in [0.15, 0.2) is 0 Å². The van der Waals surface area contributed by atoms with Crippen LogP contribution in [-0.2, 0) is 25.7 Å². The van der Waals surface area contributed by atoms with Gasteiger partial charge in [-0.15, -0.1) is 11.3 Å². The molecule has 2 aliphatic heterocycles. The first-order chi connectivity index (χ1) is 20.7. The molecule has 2 unspecified atom stereocenters. The van der Waals surface area contributed by atoms with Crippen molar-refractivity contribution in [1.29, 1.82) is 0 Å². The number of benzene rings is 2. The van der Waals surface area contributed by atoms with E-state index >= 15 is 0 Å². The van der Waals surface area contributed by atoms with E-state index in [2.05, 4.69) is 5.32 Å². The number of imide groups is 1. The molecule has 220 valence electrons. The van der Waals surface area contributed by atoms with Gasteiger partial charge in [-0.25, -0.2) is 9.69 Å². The SMILES string of the molecule is CCOC(=O)c1ccc(N2C(=O)C3Sc4c(sc(=O)n4CC(=O)Nc4ccc(Cl)c(Cl)c4)[C@H](c4cccs4)C3C2=O)cc1. The topological polar surface area (TPSA) is 115 Å². The largest absolute Gasteiger partial charge is 0.462 e. The second kappa shape index (κ2) is 11.9. The lowest BCUT2D eigenvalue weighted by molar-refractivity contribution is -0.122. The van der Waals surface area contributed by atoms with Crippen LogP contribution in [0.15, 0.2) is 69.8 Å². The third-order valence-electron chi connectivity index (χ3n) is 7.04. The maximum atomic E-state index is 14.0. The van der Waals surface area contributed by atoms with Gasteiger partial charge in [-0.2, -0.15) is 0 Å². The molecule has 3 atom stereocenters. The van der Waals surface area contributed by atoms with E-state index < -0.39 is 34.9 Å². The van der Waals surface area contributed by atoms with Crippen molar-refractivity contribution >= 4 is 92.7 Å². The van der Waals surface area contributed by atoms with E-state index in [1.165, 1.54) is 34.1 Å². The minimum atomic E-state index is -0.824. The summed E-state index contributed by atoms with van der Waals surface area (Å²) in [6, 6.07) is 14.5. The molecule has 4 heterocycles. The van der Waals surface area contributed by atoms with Gasteiger partial charge in [0.25, 0.3) is 0 Å². The predicted molar refractivity (Wildman–Crippen MR) is 168 cm³/mol. The highest BCUT2D eigenvalue weighted by Gasteiger charge is 2.57. The number of carbonyl (C=O) groups excluding carboxylic acids is 4. The van der Waals surface area contributed by atoms with Crippen LogP contribution in [0.25, 0.3) is 0 Å². The van der Waals surface area contributed by atoms with Gasteiger partial charge in [0, 0.05) is 21.4 Å². The van der Waals surface area contributed by atoms with Gasteiger partial charge in [-0.05, 0) is 60.8 Å². The van der Waals surface area contributed by atoms with Crippen LogP contribution >= 0.6 is 57.6 Å². The molecule has 3 amide bonds. The van der Waals surface area contributed by atoms with Crippen molar-refractivity contribution in [2.45, 2.75) is 29.7 Å². The van der Waals surface area contributed by atoms with Crippen molar-refractivity contribution in [3.8, 4) is 0 Å². The second-order valence-electron chi connectivity index (χ2n) is 9.64. The van der Waals surface area contributed by atoms with Gasteiger partial charge in [-0.3, -0.25) is 23.7 Å². The first-order valence-corrected chi connectivity index (χ1v) is 16.3. The Morgan fingerprint density at radius 2 is 1.77 bits per heavy atom. The van der Waals surface area contributed by atoms with Crippen LogP contribution in [0.4, 0.5) is 11.4 Å². The maximum absolute atomic E-state index is 14.0. The highest BCUT2D eigenvalue weighted by Crippen LogP contribution is 2.54. The number of thiazole rings is 1. The molecular weight excluding hydrogens is 653 g/mol. The zero-order valence-corrected chi connectivity index (χ0v) is 26.2. The standard InChI is InChI=1S/C29H21Cl2N3O6S3/c1-2-40-28(38)14-5-8-16(9-6-14)34-25(36)22-21(19-4-3-11-41-19)24-27(42-23(22)26(34)37)33(29(39)43-24)13-20(35)32-15-7-10-17(30)18(31)12-15/h3-12,21-23H,2,13H2,1H3,(H,32,35)/t21-,22?,23?/m1/s1. The Bertz CT molecular complexity index is 1820. The fourth-order valence-electron chi connectivity index (χ4n) is 5.16. The number of aromatic nitrogens is 1. The number of rotatable bonds is 7. The fraction of sp³-hybridized carbons (Fsp3) is 0.207. The van der Waals surface area contributed by atoms with E-state index in [1.54, 1.807) is 31.2 Å². The Hall–Kier alpha value is -3.42. The molecule has 0 radical (unpaired) electrons. The lowest BCUT2D eigenvalue weighted by atomic mass is 9.87. The van der Waals surface area contributed by atoms with Crippen molar-refractivity contribution in [1.82, 2.24) is 4.57 Å². The van der Waals surface area contributed by atoms with E-state index in [4.69, 9.17) is 27.9 Å². The van der Waals surface area contributed by atoms with E-state index in [1.807, 2.05) is 17.5 Å². The molecule has 14 heteroatoms. The van der Waals surface area contributed by atoms with Crippen molar-refractivity contribution in [2.24, 2.45) is 5.92 Å². The molecule has 4 aromatic rings. The maximum Gasteiger partial charge on any atom is 0.338 e. The number of nitrogens with zero attached hydrogens (tertiary/aromatic N) is 2. The third kappa shape index (κ3) is 5.42. The number of thiophene rings is 1. The van der Waals surface area contributed by atoms with Crippen molar-refractivity contribution in [2.75, 3.05) is 16.8 Å². The molecule has 9 nitrogen and oxygen atoms in total. The monoisotopic (exact) mass is 673 g/mol. The molecule has 6 rings (SSSR count). The number of carbonyl (C=O) groups is 4. The Morgan fingerprint density at radius 1 is 1.00 bits per heavy atom. The lowest BCUT2D eigenvalue weighted by Crippen LogP contribution is -2.32. The van der Waals surface area contributed by atoms with E-state index in [-0.39, 0.29) is 29.0 Å². The summed E-state index contributed by atoms with van der Waals surface area (Å²) < 4.78 is 6.38. The quantitative estimate of drug-likeness (QED) is 0.192. The summed E-state index contributed by atoms with van der Waals surface area (Å²) in [5, 5.41) is 4.88. The lowest BCUT2D eigenvalue weighted by Gasteiger charge is -2.29. The number of nitrogens with one attached hydrogen (secondary N) is 1. The number of amides is 3. The third-order valence-corrected chi connectivity index (χ3v) is 11.3. The fourth-order valence-corrected chi connectivity index (χ4v) is 9.18. The number of halogens is 2. The number of fused-ring (bicyclic) bond motifs is 2. The average Bonchev–Trinajstić information content (AvgIpc) is 3.68. The summed E-state index contributed by atoms with van der Waals surface area (Å²) in [6.07, 6.45) is 0. The first kappa shape index (κ1) is 29.6. The number of ether oxygens (including phenoxy) is 1. The predicted octanol–water partition coefficient (Wildman–Crippen LogP) is 5.89. The first-order valence-electron chi connectivity index (χ1n) is 13.0. The summed E-state index contributed by atoms with van der Waals surface area (Å²) in [5.41, 5.74) is 1.06. The van der Waals surface area contributed by atoms with Crippen LogP contribution in [0, 0.1) is 5.92 Å². The summed E-state index contributed by atoms with van der Waals surface area (Å²) in [7, 11) is 0. The van der Waals surface area contributed by atoms with Crippen LogP contribution in [-0.4, -0.2) is 40.1 Å². The molecule has 1 N–H and O–H groups in total. The zero-order chi connectivity index (χ0) is 30.4. The van der Waals surface area contributed by atoms with Crippen LogP contribution in [0.2, 0.25) is 10.0 Å². The zero-order valence-electron chi connectivity index (χ0n) is 22.2. The Morgan fingerprint density at radius 3 is 2.44 bits per heavy atom. The summed E-state index contributed by atoms with van der Waals surface area (Å²) in [4.78, 5) is 68.4. The normalized spacial score (nSPS) is 19.2. The summed E-state index contributed by atoms with van der Waals surface area (Å²) in [5.74, 6) is -3.08. The van der Waals surface area contributed by atoms with Crippen LogP contribution in [0.1, 0.15) is 33.0 Å². The Balaban J connectivity index is 1.33. The highest BCUT2D eigenvalue weighted by molar-refractivity contribution is 8.00. The number of hydrogen-bond donors (Lipinski definition) is 1. The summed E-state index contributed by atoms with van der Waals surface area (Å²) >= 11 is 15.6. The minimum absolute atomic E-state index is 0.223. The molecule has 43 heavy (non-hydrogen) atoms. The number of esters is 1. The molecular formula is C29H21Cl2N3O6S3. The van der Waals surface area contributed by atoms with Crippen molar-refractivity contribution in [3.63, 3.8) is 0 Å². The van der Waals surface area contributed by atoms with Crippen LogP contribution < -0.4 is 15.1 Å². The molecule has 2 aliphatic rings. The summed E-state index contributed by atoms with van der Waals surface area (Å²) in [6.45, 7) is 1.63. The van der Waals surface area contributed by atoms with Gasteiger partial charge in [-0.1, -0.05) is 52.4 Å². The van der Waals surface area contributed by atoms with E-state index in [9.17, 15) is 24.0 Å². The van der Waals surface area contributed by atoms with E-state index in [0.29, 0.717) is 31.9 Å². The molecule has 2 aromatic heterocycles. The van der Waals surface area contributed by atoms with Crippen molar-refractivity contribution < 1.29 is 23.9 Å². The molecule has 0 bridgehead atoms. The Labute approximate surface area is 267 Å². The minimum Gasteiger partial charge on any atom is -0.462 e. The smallest absolute Gasteiger partial charge is 0.338 e.